The van der Waals surface area contributed by atoms with E-state index in [1.807, 2.05) is 0 Å². The second-order valence-electron chi connectivity index (χ2n) is 9.87. The van der Waals surface area contributed by atoms with E-state index in [4.69, 9.17) is 0 Å². The highest BCUT2D eigenvalue weighted by atomic mass is 14.7. The summed E-state index contributed by atoms with van der Waals surface area (Å²) in [5.74, 6) is 2.34. The zero-order valence-corrected chi connectivity index (χ0v) is 17.9. The molecule has 3 aliphatic rings. The van der Waals surface area contributed by atoms with Gasteiger partial charge in [0.2, 0.25) is 0 Å². The molecule has 1 aliphatic heterocycles. The number of aliphatic imine (C=N–C) groups is 1. The number of benzene rings is 1. The Kier molecular flexibility index (Phi) is 5.90. The minimum absolute atomic E-state index is 0.572. The maximum atomic E-state index is 4.50. The third-order valence-corrected chi connectivity index (χ3v) is 7.88. The molecule has 150 valence electrons. The summed E-state index contributed by atoms with van der Waals surface area (Å²) in [6.45, 7) is 9.96. The largest absolute Gasteiger partial charge is 0.288 e. The van der Waals surface area contributed by atoms with Crippen molar-refractivity contribution in [1.82, 2.24) is 0 Å². The van der Waals surface area contributed by atoms with Gasteiger partial charge in [0, 0.05) is 6.21 Å². The van der Waals surface area contributed by atoms with E-state index >= 15 is 0 Å². The first-order valence-corrected chi connectivity index (χ1v) is 11.5. The van der Waals surface area contributed by atoms with Crippen LogP contribution in [0.5, 0.6) is 0 Å². The first-order chi connectivity index (χ1) is 13.6. The highest BCUT2D eigenvalue weighted by molar-refractivity contribution is 5.88. The Bertz CT molecular complexity index is 746. The molecular formula is C27H37N. The van der Waals surface area contributed by atoms with Crippen LogP contribution in [0.1, 0.15) is 83.1 Å². The Morgan fingerprint density at radius 2 is 1.89 bits per heavy atom. The van der Waals surface area contributed by atoms with Crippen molar-refractivity contribution in [1.29, 1.82) is 0 Å². The van der Waals surface area contributed by atoms with Gasteiger partial charge in [-0.3, -0.25) is 4.99 Å². The normalized spacial score (nSPS) is 32.9. The maximum Gasteiger partial charge on any atom is 0.0606 e. The van der Waals surface area contributed by atoms with E-state index in [-0.39, 0.29) is 0 Å². The van der Waals surface area contributed by atoms with Crippen molar-refractivity contribution in [3.8, 4) is 0 Å². The highest BCUT2D eigenvalue weighted by Crippen LogP contribution is 2.56. The lowest BCUT2D eigenvalue weighted by atomic mass is 9.56. The van der Waals surface area contributed by atoms with Gasteiger partial charge in [0.25, 0.3) is 0 Å². The second-order valence-corrected chi connectivity index (χ2v) is 9.87. The summed E-state index contributed by atoms with van der Waals surface area (Å²) in [6.07, 6.45) is 14.5. The first-order valence-electron chi connectivity index (χ1n) is 11.5. The molecule has 0 saturated heterocycles. The fourth-order valence-corrected chi connectivity index (χ4v) is 6.43. The summed E-state index contributed by atoms with van der Waals surface area (Å²) < 4.78 is 0. The van der Waals surface area contributed by atoms with Crippen molar-refractivity contribution in [2.45, 2.75) is 77.6 Å². The van der Waals surface area contributed by atoms with E-state index in [1.165, 1.54) is 74.5 Å². The Morgan fingerprint density at radius 1 is 1.14 bits per heavy atom. The molecule has 0 bridgehead atoms. The molecule has 0 aromatic heterocycles. The van der Waals surface area contributed by atoms with E-state index < -0.39 is 0 Å². The minimum Gasteiger partial charge on any atom is -0.288 e. The molecule has 28 heavy (non-hydrogen) atoms. The molecule has 2 aliphatic carbocycles. The number of allylic oxidation sites excluding steroid dienone is 2. The lowest BCUT2D eigenvalue weighted by Crippen LogP contribution is -2.36. The van der Waals surface area contributed by atoms with Crippen LogP contribution in [-0.2, 0) is 0 Å². The van der Waals surface area contributed by atoms with Crippen LogP contribution in [0, 0.1) is 17.3 Å². The molecule has 2 atom stereocenters. The van der Waals surface area contributed by atoms with Crippen LogP contribution in [0.15, 0.2) is 58.6 Å². The van der Waals surface area contributed by atoms with E-state index in [1.54, 1.807) is 5.56 Å². The molecule has 1 heteroatoms. The van der Waals surface area contributed by atoms with E-state index in [0.717, 1.165) is 18.4 Å². The van der Waals surface area contributed by atoms with Gasteiger partial charge in [-0.05, 0) is 97.3 Å². The van der Waals surface area contributed by atoms with Crippen LogP contribution < -0.4 is 0 Å². The summed E-state index contributed by atoms with van der Waals surface area (Å²) in [4.78, 5) is 4.46. The van der Waals surface area contributed by atoms with Crippen LogP contribution in [0.2, 0.25) is 0 Å². The Balaban J connectivity index is 1.47. The summed E-state index contributed by atoms with van der Waals surface area (Å²) in [7, 11) is 0. The standard InChI is InChI=1S/C27H37N/c1-4-8-22-15-25(24-9-6-5-7-10-24)17-27(16-22)13-11-23(12-14-27)21(3)26-19-28-18-20(26)2/h5-7,9-10,19,22-23,25H,3-4,8,11-18H2,1-2H3. The van der Waals surface area contributed by atoms with Gasteiger partial charge in [0.15, 0.2) is 0 Å². The average molecular weight is 376 g/mol. The molecule has 4 rings (SSSR count). The zero-order chi connectivity index (χ0) is 19.6. The number of nitrogens with zero attached hydrogens (tertiary/aromatic N) is 1. The monoisotopic (exact) mass is 375 g/mol. The van der Waals surface area contributed by atoms with Gasteiger partial charge in [-0.25, -0.2) is 0 Å². The molecule has 2 unspecified atom stereocenters. The topological polar surface area (TPSA) is 12.4 Å². The van der Waals surface area contributed by atoms with Crippen LogP contribution >= 0.6 is 0 Å². The van der Waals surface area contributed by atoms with Crippen LogP contribution in [0.3, 0.4) is 0 Å². The van der Waals surface area contributed by atoms with Crippen LogP contribution in [0.25, 0.3) is 0 Å². The Labute approximate surface area is 172 Å². The Morgan fingerprint density at radius 3 is 2.54 bits per heavy atom. The molecular weight excluding hydrogens is 338 g/mol. The van der Waals surface area contributed by atoms with Crippen molar-refractivity contribution in [2.75, 3.05) is 6.54 Å². The summed E-state index contributed by atoms with van der Waals surface area (Å²) in [5, 5.41) is 0. The third-order valence-electron chi connectivity index (χ3n) is 7.88. The van der Waals surface area contributed by atoms with Crippen molar-refractivity contribution >= 4 is 6.21 Å². The molecule has 2 saturated carbocycles. The third kappa shape index (κ3) is 4.04. The van der Waals surface area contributed by atoms with Gasteiger partial charge >= 0.3 is 0 Å². The van der Waals surface area contributed by atoms with Crippen molar-refractivity contribution in [3.63, 3.8) is 0 Å². The molecule has 1 spiro atoms. The van der Waals surface area contributed by atoms with Gasteiger partial charge in [-0.15, -0.1) is 0 Å². The smallest absolute Gasteiger partial charge is 0.0606 e. The van der Waals surface area contributed by atoms with Crippen molar-refractivity contribution < 1.29 is 0 Å². The fraction of sp³-hybridized carbons (Fsp3) is 0.593. The highest BCUT2D eigenvalue weighted by Gasteiger charge is 2.43. The number of hydrogen-bond acceptors (Lipinski definition) is 1. The molecule has 2 fully saturated rings. The predicted octanol–water partition coefficient (Wildman–Crippen LogP) is 7.50. The van der Waals surface area contributed by atoms with E-state index in [2.05, 4.69) is 62.0 Å². The van der Waals surface area contributed by atoms with Crippen molar-refractivity contribution in [3.05, 3.63) is 59.2 Å². The molecule has 0 N–H and O–H groups in total. The quantitative estimate of drug-likeness (QED) is 0.505. The minimum atomic E-state index is 0.572. The van der Waals surface area contributed by atoms with Crippen LogP contribution in [-0.4, -0.2) is 12.8 Å². The fourth-order valence-electron chi connectivity index (χ4n) is 6.43. The van der Waals surface area contributed by atoms with E-state index in [0.29, 0.717) is 11.3 Å². The van der Waals surface area contributed by atoms with Gasteiger partial charge in [-0.1, -0.05) is 56.7 Å². The maximum absolute atomic E-state index is 4.50. The van der Waals surface area contributed by atoms with Gasteiger partial charge in [0.05, 0.1) is 6.54 Å². The first kappa shape index (κ1) is 19.7. The SMILES string of the molecule is C=C(C1=C(C)CN=C1)C1CCC2(CC1)CC(CCC)CC(c1ccccc1)C2. The number of rotatable bonds is 5. The zero-order valence-electron chi connectivity index (χ0n) is 17.9. The average Bonchev–Trinajstić information content (AvgIpc) is 3.14. The molecule has 1 aromatic carbocycles. The Hall–Kier alpha value is -1.63. The molecule has 0 radical (unpaired) electrons. The second kappa shape index (κ2) is 8.39. The van der Waals surface area contributed by atoms with Crippen molar-refractivity contribution in [2.24, 2.45) is 22.2 Å². The van der Waals surface area contributed by atoms with Crippen LogP contribution in [0.4, 0.5) is 0 Å². The lowest BCUT2D eigenvalue weighted by molar-refractivity contribution is 0.0583. The molecule has 0 amide bonds. The van der Waals surface area contributed by atoms with Gasteiger partial charge < -0.3 is 0 Å². The summed E-state index contributed by atoms with van der Waals surface area (Å²) in [6, 6.07) is 11.4. The predicted molar refractivity (Wildman–Crippen MR) is 121 cm³/mol. The van der Waals surface area contributed by atoms with Gasteiger partial charge in [0.1, 0.15) is 0 Å². The molecule has 1 heterocycles. The molecule has 1 nitrogen and oxygen atoms in total. The summed E-state index contributed by atoms with van der Waals surface area (Å²) >= 11 is 0. The number of hydrogen-bond donors (Lipinski definition) is 0. The van der Waals surface area contributed by atoms with E-state index in [9.17, 15) is 0 Å². The molecule has 1 aromatic rings. The van der Waals surface area contributed by atoms with Gasteiger partial charge in [-0.2, -0.15) is 0 Å². The lowest BCUT2D eigenvalue weighted by Gasteiger charge is -2.49. The summed E-state index contributed by atoms with van der Waals surface area (Å²) in [5.41, 5.74) is 6.29.